The van der Waals surface area contributed by atoms with Gasteiger partial charge in [0.15, 0.2) is 0 Å². The number of nitrogens with one attached hydrogen (secondary N) is 1. The molecule has 4 rings (SSSR count). The molecule has 2 aromatic carbocycles. The normalized spacial score (nSPS) is 14.1. The highest BCUT2D eigenvalue weighted by atomic mass is 35.5. The molecule has 0 atom stereocenters. The fourth-order valence-corrected chi connectivity index (χ4v) is 3.82. The second-order valence-electron chi connectivity index (χ2n) is 7.22. The number of amides is 1. The second-order valence-corrected chi connectivity index (χ2v) is 8.06. The highest BCUT2D eigenvalue weighted by molar-refractivity contribution is 6.36. The first-order valence-corrected chi connectivity index (χ1v) is 10.8. The van der Waals surface area contributed by atoms with Crippen LogP contribution in [0.15, 0.2) is 59.7 Å². The lowest BCUT2D eigenvalue weighted by atomic mass is 10.1. The molecule has 3 aromatic rings. The zero-order valence-corrected chi connectivity index (χ0v) is 18.3. The van der Waals surface area contributed by atoms with E-state index in [-0.39, 0.29) is 5.69 Å². The first-order chi connectivity index (χ1) is 15.1. The van der Waals surface area contributed by atoms with Crippen LogP contribution in [-0.2, 0) is 0 Å². The highest BCUT2D eigenvalue weighted by Gasteiger charge is 2.18. The molecule has 1 aromatic heterocycles. The van der Waals surface area contributed by atoms with E-state index in [2.05, 4.69) is 20.4 Å². The Kier molecular flexibility index (Phi) is 6.79. The van der Waals surface area contributed by atoms with E-state index in [0.29, 0.717) is 27.3 Å². The van der Waals surface area contributed by atoms with Crippen molar-refractivity contribution in [3.05, 3.63) is 75.9 Å². The van der Waals surface area contributed by atoms with Crippen LogP contribution >= 0.6 is 23.2 Å². The van der Waals surface area contributed by atoms with E-state index in [1.165, 1.54) is 12.6 Å². The molecule has 0 bridgehead atoms. The maximum Gasteiger partial charge on any atom is 0.290 e. The summed E-state index contributed by atoms with van der Waals surface area (Å²) in [5.74, 6) is 0.148. The van der Waals surface area contributed by atoms with Crippen LogP contribution in [0.2, 0.25) is 10.0 Å². The predicted molar refractivity (Wildman–Crippen MR) is 125 cm³/mol. The van der Waals surface area contributed by atoms with Crippen molar-refractivity contribution in [2.45, 2.75) is 19.3 Å². The Morgan fingerprint density at radius 1 is 1.00 bits per heavy atom. The highest BCUT2D eigenvalue weighted by Crippen LogP contribution is 2.23. The largest absolute Gasteiger partial charge is 0.341 e. The number of aromatic nitrogens is 2. The van der Waals surface area contributed by atoms with Crippen LogP contribution in [0.25, 0.3) is 11.3 Å². The van der Waals surface area contributed by atoms with Crippen molar-refractivity contribution in [1.82, 2.24) is 15.4 Å². The van der Waals surface area contributed by atoms with E-state index >= 15 is 0 Å². The molecular formula is C23H21Cl2N5O. The predicted octanol–water partition coefficient (Wildman–Crippen LogP) is 5.20. The van der Waals surface area contributed by atoms with Gasteiger partial charge in [0, 0.05) is 29.2 Å². The van der Waals surface area contributed by atoms with Crippen molar-refractivity contribution >= 4 is 41.3 Å². The lowest BCUT2D eigenvalue weighted by Gasteiger charge is -2.27. The van der Waals surface area contributed by atoms with E-state index < -0.39 is 5.91 Å². The van der Waals surface area contributed by atoms with Gasteiger partial charge in [-0.2, -0.15) is 5.10 Å². The molecule has 0 unspecified atom stereocenters. The van der Waals surface area contributed by atoms with Gasteiger partial charge in [-0.1, -0.05) is 59.6 Å². The Morgan fingerprint density at radius 2 is 1.77 bits per heavy atom. The molecule has 6 nitrogen and oxygen atoms in total. The van der Waals surface area contributed by atoms with Gasteiger partial charge in [-0.15, -0.1) is 0 Å². The second kappa shape index (κ2) is 9.90. The van der Waals surface area contributed by atoms with E-state index in [1.807, 2.05) is 30.3 Å². The van der Waals surface area contributed by atoms with Gasteiger partial charge in [0.05, 0.1) is 16.9 Å². The molecule has 2 heterocycles. The summed E-state index contributed by atoms with van der Waals surface area (Å²) in [5.41, 5.74) is 5.06. The standard InChI is InChI=1S/C23H21Cl2N5O/c24-18-10-9-17(19(25)13-18)15-26-29-22(31)21-14-20(16-7-3-1-4-8-16)27-23(28-21)30-11-5-2-6-12-30/h1,3-4,7-10,13-15H,2,5-6,11-12H2,(H,29,31)/b26-15+. The van der Waals surface area contributed by atoms with Gasteiger partial charge in [-0.3, -0.25) is 4.79 Å². The Labute approximate surface area is 190 Å². The van der Waals surface area contributed by atoms with Gasteiger partial charge >= 0.3 is 0 Å². The van der Waals surface area contributed by atoms with Crippen molar-refractivity contribution in [2.24, 2.45) is 5.10 Å². The Bertz CT molecular complexity index is 1100. The average Bonchev–Trinajstić information content (AvgIpc) is 2.81. The van der Waals surface area contributed by atoms with Crippen molar-refractivity contribution in [1.29, 1.82) is 0 Å². The minimum Gasteiger partial charge on any atom is -0.341 e. The zero-order chi connectivity index (χ0) is 21.6. The van der Waals surface area contributed by atoms with Gasteiger partial charge in [0.1, 0.15) is 5.69 Å². The van der Waals surface area contributed by atoms with E-state index in [9.17, 15) is 4.79 Å². The topological polar surface area (TPSA) is 70.5 Å². The quantitative estimate of drug-likeness (QED) is 0.425. The summed E-state index contributed by atoms with van der Waals surface area (Å²) in [6.07, 6.45) is 4.85. The summed E-state index contributed by atoms with van der Waals surface area (Å²) in [4.78, 5) is 24.2. The SMILES string of the molecule is O=C(N/N=C/c1ccc(Cl)cc1Cl)c1cc(-c2ccccc2)nc(N2CCCCC2)n1. The Hall–Kier alpha value is -2.96. The van der Waals surface area contributed by atoms with Gasteiger partial charge in [-0.05, 0) is 37.5 Å². The summed E-state index contributed by atoms with van der Waals surface area (Å²) in [6.45, 7) is 1.76. The van der Waals surface area contributed by atoms with Crippen molar-refractivity contribution in [2.75, 3.05) is 18.0 Å². The Morgan fingerprint density at radius 3 is 2.52 bits per heavy atom. The number of hydrazone groups is 1. The number of hydrogen-bond acceptors (Lipinski definition) is 5. The van der Waals surface area contributed by atoms with E-state index in [1.54, 1.807) is 24.3 Å². The number of carbonyl (C=O) groups is 1. The number of rotatable bonds is 5. The Balaban J connectivity index is 1.59. The average molecular weight is 454 g/mol. The fraction of sp³-hybridized carbons (Fsp3) is 0.217. The molecule has 1 aliphatic rings. The smallest absolute Gasteiger partial charge is 0.290 e. The fourth-order valence-electron chi connectivity index (χ4n) is 3.37. The third kappa shape index (κ3) is 5.40. The van der Waals surface area contributed by atoms with Crippen LogP contribution in [-0.4, -0.2) is 35.2 Å². The monoisotopic (exact) mass is 453 g/mol. The summed E-state index contributed by atoms with van der Waals surface area (Å²) >= 11 is 12.1. The van der Waals surface area contributed by atoms with Crippen LogP contribution in [0, 0.1) is 0 Å². The number of nitrogens with zero attached hydrogens (tertiary/aromatic N) is 4. The summed E-state index contributed by atoms with van der Waals surface area (Å²) in [5, 5.41) is 5.01. The lowest BCUT2D eigenvalue weighted by Crippen LogP contribution is -2.32. The molecule has 158 valence electrons. The third-order valence-electron chi connectivity index (χ3n) is 4.99. The van der Waals surface area contributed by atoms with Crippen molar-refractivity contribution < 1.29 is 4.79 Å². The van der Waals surface area contributed by atoms with Gasteiger partial charge in [0.25, 0.3) is 5.91 Å². The van der Waals surface area contributed by atoms with E-state index in [4.69, 9.17) is 28.2 Å². The van der Waals surface area contributed by atoms with Crippen LogP contribution in [0.3, 0.4) is 0 Å². The number of anilines is 1. The number of hydrogen-bond donors (Lipinski definition) is 1. The first kappa shape index (κ1) is 21.3. The number of halogens is 2. The summed E-state index contributed by atoms with van der Waals surface area (Å²) in [6, 6.07) is 16.5. The number of piperidine rings is 1. The minimum absolute atomic E-state index is 0.258. The molecule has 1 fully saturated rings. The van der Waals surface area contributed by atoms with Crippen LogP contribution in [0.1, 0.15) is 35.3 Å². The number of benzene rings is 2. The molecular weight excluding hydrogens is 433 g/mol. The third-order valence-corrected chi connectivity index (χ3v) is 5.55. The molecule has 31 heavy (non-hydrogen) atoms. The molecule has 1 aliphatic heterocycles. The van der Waals surface area contributed by atoms with Crippen LogP contribution in [0.5, 0.6) is 0 Å². The lowest BCUT2D eigenvalue weighted by molar-refractivity contribution is 0.0950. The van der Waals surface area contributed by atoms with Crippen molar-refractivity contribution in [3.63, 3.8) is 0 Å². The minimum atomic E-state index is -0.417. The molecule has 0 saturated carbocycles. The molecule has 0 aliphatic carbocycles. The van der Waals surface area contributed by atoms with Gasteiger partial charge < -0.3 is 4.90 Å². The van der Waals surface area contributed by atoms with Gasteiger partial charge in [-0.25, -0.2) is 15.4 Å². The maximum atomic E-state index is 12.8. The van der Waals surface area contributed by atoms with Crippen LogP contribution < -0.4 is 10.3 Å². The summed E-state index contributed by atoms with van der Waals surface area (Å²) < 4.78 is 0. The molecule has 1 amide bonds. The molecule has 0 radical (unpaired) electrons. The zero-order valence-electron chi connectivity index (χ0n) is 16.8. The van der Waals surface area contributed by atoms with Gasteiger partial charge in [0.2, 0.25) is 5.95 Å². The molecule has 8 heteroatoms. The van der Waals surface area contributed by atoms with E-state index in [0.717, 1.165) is 31.5 Å². The molecule has 0 spiro atoms. The maximum absolute atomic E-state index is 12.8. The number of carbonyl (C=O) groups excluding carboxylic acids is 1. The summed E-state index contributed by atoms with van der Waals surface area (Å²) in [7, 11) is 0. The van der Waals surface area contributed by atoms with Crippen LogP contribution in [0.4, 0.5) is 5.95 Å². The molecule has 1 N–H and O–H groups in total. The molecule has 1 saturated heterocycles. The van der Waals surface area contributed by atoms with Crippen molar-refractivity contribution in [3.8, 4) is 11.3 Å². The first-order valence-electron chi connectivity index (χ1n) is 10.1.